The number of carboxylic acids is 1. The molecule has 0 radical (unpaired) electrons. The van der Waals surface area contributed by atoms with E-state index in [-0.39, 0.29) is 42.9 Å². The van der Waals surface area contributed by atoms with Gasteiger partial charge in [0.05, 0.1) is 6.61 Å². The van der Waals surface area contributed by atoms with Crippen LogP contribution in [0.4, 0.5) is 0 Å². The van der Waals surface area contributed by atoms with Gasteiger partial charge in [0.25, 0.3) is 0 Å². The van der Waals surface area contributed by atoms with Crippen molar-refractivity contribution >= 4 is 37.1 Å². The van der Waals surface area contributed by atoms with Gasteiger partial charge in [0, 0.05) is 6.61 Å². The summed E-state index contributed by atoms with van der Waals surface area (Å²) in [5, 5.41) is 8.40. The van der Waals surface area contributed by atoms with Gasteiger partial charge in [-0.05, 0) is 64.7 Å². The van der Waals surface area contributed by atoms with Crippen molar-refractivity contribution in [3.05, 3.63) is 0 Å². The lowest BCUT2D eigenvalue weighted by molar-refractivity contribution is -0.153. The summed E-state index contributed by atoms with van der Waals surface area (Å²) in [7, 11) is -5.53. The van der Waals surface area contributed by atoms with Crippen LogP contribution in [-0.2, 0) is 32.0 Å². The van der Waals surface area contributed by atoms with E-state index in [4.69, 9.17) is 22.8 Å². The Balaban J connectivity index is -0.000000607. The van der Waals surface area contributed by atoms with Gasteiger partial charge in [0.15, 0.2) is 16.6 Å². The molecule has 0 aromatic carbocycles. The highest BCUT2D eigenvalue weighted by Gasteiger charge is 2.39. The molecule has 11 heteroatoms. The topological polar surface area (TPSA) is 101 Å². The molecule has 0 atom stereocenters. The van der Waals surface area contributed by atoms with Gasteiger partial charge in [0.2, 0.25) is 0 Å². The molecule has 0 heterocycles. The van der Waals surface area contributed by atoms with E-state index in [2.05, 4.69) is 50.6 Å². The summed E-state index contributed by atoms with van der Waals surface area (Å²) in [5.41, 5.74) is 0. The molecule has 198 valence electrons. The van der Waals surface area contributed by atoms with Crippen molar-refractivity contribution in [2.75, 3.05) is 33.0 Å². The molecule has 1 N–H and O–H groups in total. The third kappa shape index (κ3) is 27.5. The molecule has 0 saturated heterocycles. The largest absolute Gasteiger partial charge is 0.480 e. The summed E-state index contributed by atoms with van der Waals surface area (Å²) in [6, 6.07) is 0.945. The fourth-order valence-electron chi connectivity index (χ4n) is 2.65. The molecule has 0 unspecified atom stereocenters. The van der Waals surface area contributed by atoms with Gasteiger partial charge in [-0.3, -0.25) is 0 Å². The molecule has 8 nitrogen and oxygen atoms in total. The third-order valence-corrected chi connectivity index (χ3v) is 12.8. The SMILES string of the molecule is C.C.C.C.C[Si](C)(C)O[Si](C)(CCCCOCCOC(=O)COCC(=O)O)O[Si](C)(C)C. The lowest BCUT2D eigenvalue weighted by atomic mass is 10.4. The fraction of sp³-hybridized carbons (Fsp3) is 0.905. The van der Waals surface area contributed by atoms with E-state index in [0.29, 0.717) is 13.2 Å². The standard InChI is InChI=1S/C17H38O8Si3.4CH4/c1-26(2,3)24-28(7,25-27(4,5)6)13-9-8-10-21-11-12-23-17(20)15-22-14-16(18)19;;;;/h8-15H2,1-7H3,(H,18,19);4*1H4. The first kappa shape index (κ1) is 41.7. The lowest BCUT2D eigenvalue weighted by Gasteiger charge is -2.38. The number of hydrogen-bond acceptors (Lipinski definition) is 7. The van der Waals surface area contributed by atoms with Crippen LogP contribution in [0.1, 0.15) is 42.5 Å². The first-order valence-electron chi connectivity index (χ1n) is 9.66. The minimum Gasteiger partial charge on any atom is -0.480 e. The highest BCUT2D eigenvalue weighted by molar-refractivity contribution is 6.87. The molecule has 0 aliphatic rings. The van der Waals surface area contributed by atoms with Crippen molar-refractivity contribution in [2.45, 2.75) is 94.4 Å². The van der Waals surface area contributed by atoms with Gasteiger partial charge >= 0.3 is 20.5 Å². The predicted octanol–water partition coefficient (Wildman–Crippen LogP) is 5.75. The Morgan fingerprint density at radius 2 is 1.19 bits per heavy atom. The molecule has 0 rings (SSSR count). The van der Waals surface area contributed by atoms with Crippen molar-refractivity contribution in [3.63, 3.8) is 0 Å². The van der Waals surface area contributed by atoms with Crippen LogP contribution in [-0.4, -0.2) is 75.3 Å². The number of carbonyl (C=O) groups excluding carboxylic acids is 1. The third-order valence-electron chi connectivity index (χ3n) is 3.15. The molecular weight excluding hydrogens is 464 g/mol. The normalized spacial score (nSPS) is 11.2. The molecule has 0 aromatic heterocycles. The van der Waals surface area contributed by atoms with Crippen molar-refractivity contribution in [3.8, 4) is 0 Å². The van der Waals surface area contributed by atoms with Gasteiger partial charge in [0.1, 0.15) is 19.8 Å². The van der Waals surface area contributed by atoms with E-state index >= 15 is 0 Å². The monoisotopic (exact) mass is 518 g/mol. The zero-order valence-electron chi connectivity index (χ0n) is 18.5. The molecule has 0 aliphatic carbocycles. The summed E-state index contributed by atoms with van der Waals surface area (Å²) in [6.07, 6.45) is 1.86. The molecule has 0 bridgehead atoms. The van der Waals surface area contributed by atoms with E-state index in [1.165, 1.54) is 0 Å². The molecule has 32 heavy (non-hydrogen) atoms. The Bertz CT molecular complexity index is 461. The smallest absolute Gasteiger partial charge is 0.332 e. The lowest BCUT2D eigenvalue weighted by Crippen LogP contribution is -2.52. The maximum absolute atomic E-state index is 11.3. The van der Waals surface area contributed by atoms with Crippen molar-refractivity contribution < 1.29 is 37.1 Å². The average molecular weight is 519 g/mol. The molecule has 0 aliphatic heterocycles. The molecular formula is C21H54O8Si3. The van der Waals surface area contributed by atoms with Gasteiger partial charge in [-0.15, -0.1) is 0 Å². The van der Waals surface area contributed by atoms with Gasteiger partial charge in [-0.25, -0.2) is 9.59 Å². The van der Waals surface area contributed by atoms with Gasteiger partial charge < -0.3 is 27.5 Å². The maximum Gasteiger partial charge on any atom is 0.332 e. The summed E-state index contributed by atoms with van der Waals surface area (Å²) >= 11 is 0. The van der Waals surface area contributed by atoms with E-state index in [1.807, 2.05) is 0 Å². The first-order valence-corrected chi connectivity index (χ1v) is 19.0. The Morgan fingerprint density at radius 1 is 0.688 bits per heavy atom. The van der Waals surface area contributed by atoms with Crippen LogP contribution in [0.2, 0.25) is 51.9 Å². The molecule has 0 amide bonds. The number of carboxylic acid groups (broad SMARTS) is 1. The number of hydrogen-bond donors (Lipinski definition) is 1. The van der Waals surface area contributed by atoms with E-state index < -0.39 is 43.7 Å². The van der Waals surface area contributed by atoms with Crippen LogP contribution in [0.25, 0.3) is 0 Å². The quantitative estimate of drug-likeness (QED) is 0.157. The number of carbonyl (C=O) groups is 2. The molecule has 0 aromatic rings. The Kier molecular flexibility index (Phi) is 25.9. The van der Waals surface area contributed by atoms with Crippen LogP contribution >= 0.6 is 0 Å². The Morgan fingerprint density at radius 3 is 1.62 bits per heavy atom. The highest BCUT2D eigenvalue weighted by Crippen LogP contribution is 2.25. The highest BCUT2D eigenvalue weighted by atomic mass is 28.5. The Hall–Kier alpha value is -0.569. The van der Waals surface area contributed by atoms with Crippen LogP contribution in [0.15, 0.2) is 0 Å². The zero-order chi connectivity index (χ0) is 21.8. The summed E-state index contributed by atoms with van der Waals surface area (Å²) in [5.74, 6) is -1.72. The number of rotatable bonds is 16. The average Bonchev–Trinajstić information content (AvgIpc) is 2.45. The van der Waals surface area contributed by atoms with Crippen LogP contribution in [0.5, 0.6) is 0 Å². The van der Waals surface area contributed by atoms with Crippen LogP contribution in [0, 0.1) is 0 Å². The van der Waals surface area contributed by atoms with Crippen LogP contribution < -0.4 is 0 Å². The summed E-state index contributed by atoms with van der Waals surface area (Å²) < 4.78 is 27.9. The van der Waals surface area contributed by atoms with Crippen molar-refractivity contribution in [2.24, 2.45) is 0 Å². The number of unbranched alkanes of at least 4 members (excludes halogenated alkanes) is 1. The van der Waals surface area contributed by atoms with E-state index in [0.717, 1.165) is 18.9 Å². The predicted molar refractivity (Wildman–Crippen MR) is 142 cm³/mol. The molecule has 0 fully saturated rings. The zero-order valence-corrected chi connectivity index (χ0v) is 21.5. The van der Waals surface area contributed by atoms with Gasteiger partial charge in [-0.1, -0.05) is 29.7 Å². The second-order valence-corrected chi connectivity index (χ2v) is 21.6. The van der Waals surface area contributed by atoms with Crippen molar-refractivity contribution in [1.82, 2.24) is 0 Å². The van der Waals surface area contributed by atoms with E-state index in [9.17, 15) is 9.59 Å². The number of aliphatic carboxylic acids is 1. The summed E-state index contributed by atoms with van der Waals surface area (Å²) in [4.78, 5) is 21.5. The number of esters is 1. The first-order chi connectivity index (χ1) is 12.7. The molecule has 0 spiro atoms. The summed E-state index contributed by atoms with van der Waals surface area (Å²) in [6.45, 7) is 15.5. The Labute approximate surface area is 201 Å². The maximum atomic E-state index is 11.3. The van der Waals surface area contributed by atoms with E-state index in [1.54, 1.807) is 0 Å². The second-order valence-electron chi connectivity index (χ2n) is 8.74. The van der Waals surface area contributed by atoms with Crippen LogP contribution in [0.3, 0.4) is 0 Å². The number of ether oxygens (including phenoxy) is 3. The molecule has 0 saturated carbocycles. The minimum atomic E-state index is -2.19. The van der Waals surface area contributed by atoms with Gasteiger partial charge in [-0.2, -0.15) is 0 Å². The minimum absolute atomic E-state index is 0. The van der Waals surface area contributed by atoms with Crippen molar-refractivity contribution in [1.29, 1.82) is 0 Å². The second kappa shape index (κ2) is 19.9. The fourth-order valence-corrected chi connectivity index (χ4v) is 15.3.